The highest BCUT2D eigenvalue weighted by atomic mass is 16.5. The fraction of sp³-hybridized carbons (Fsp3) is 0.857. The van der Waals surface area contributed by atoms with Crippen molar-refractivity contribution in [2.45, 2.75) is 39.7 Å². The molecule has 0 aliphatic carbocycles. The molecule has 0 aromatic carbocycles. The smallest absolute Gasteiger partial charge is 0.320 e. The Hall–Kier alpha value is -1.30. The maximum atomic E-state index is 12.5. The molecule has 0 spiro atoms. The Morgan fingerprint density at radius 3 is 2.70 bits per heavy atom. The number of rotatable bonds is 6. The van der Waals surface area contributed by atoms with Crippen molar-refractivity contribution in [3.05, 3.63) is 0 Å². The van der Waals surface area contributed by atoms with Gasteiger partial charge in [0.1, 0.15) is 0 Å². The Bertz CT molecular complexity index is 335. The minimum atomic E-state index is -0.892. The number of amides is 2. The van der Waals surface area contributed by atoms with E-state index < -0.39 is 12.1 Å². The Morgan fingerprint density at radius 1 is 1.45 bits per heavy atom. The van der Waals surface area contributed by atoms with Crippen LogP contribution in [0.15, 0.2) is 0 Å². The summed E-state index contributed by atoms with van der Waals surface area (Å²) in [5.74, 6) is -0.425. The summed E-state index contributed by atoms with van der Waals surface area (Å²) >= 11 is 0. The lowest BCUT2D eigenvalue weighted by molar-refractivity contribution is -0.141. The molecule has 1 fully saturated rings. The summed E-state index contributed by atoms with van der Waals surface area (Å²) in [5.41, 5.74) is 0. The zero-order chi connectivity index (χ0) is 15.1. The number of aliphatic carboxylic acids is 1. The quantitative estimate of drug-likeness (QED) is 0.806. The van der Waals surface area contributed by atoms with E-state index in [9.17, 15) is 9.59 Å². The van der Waals surface area contributed by atoms with Gasteiger partial charge in [0.15, 0.2) is 0 Å². The normalized spacial score (nSPS) is 20.6. The van der Waals surface area contributed by atoms with Gasteiger partial charge in [-0.25, -0.2) is 4.79 Å². The molecular formula is C14H26N2O4. The summed E-state index contributed by atoms with van der Waals surface area (Å²) in [5, 5.41) is 8.80. The fourth-order valence-corrected chi connectivity index (χ4v) is 2.26. The molecule has 1 saturated heterocycles. The number of nitrogens with zero attached hydrogens (tertiary/aromatic N) is 2. The first-order valence-electron chi connectivity index (χ1n) is 7.35. The van der Waals surface area contributed by atoms with Crippen molar-refractivity contribution in [2.75, 3.05) is 32.8 Å². The third kappa shape index (κ3) is 5.00. The van der Waals surface area contributed by atoms with Gasteiger partial charge in [-0.2, -0.15) is 0 Å². The zero-order valence-corrected chi connectivity index (χ0v) is 12.7. The van der Waals surface area contributed by atoms with Crippen LogP contribution in [-0.4, -0.2) is 65.8 Å². The van der Waals surface area contributed by atoms with Crippen LogP contribution in [-0.2, 0) is 9.53 Å². The third-order valence-corrected chi connectivity index (χ3v) is 3.69. The van der Waals surface area contributed by atoms with E-state index in [1.165, 1.54) is 0 Å². The van der Waals surface area contributed by atoms with E-state index in [4.69, 9.17) is 9.84 Å². The maximum Gasteiger partial charge on any atom is 0.320 e. The first-order chi connectivity index (χ1) is 9.47. The minimum Gasteiger partial charge on any atom is -0.481 e. The Balaban J connectivity index is 2.57. The second-order valence-electron chi connectivity index (χ2n) is 5.37. The molecule has 1 N–H and O–H groups in total. The highest BCUT2D eigenvalue weighted by Crippen LogP contribution is 2.13. The van der Waals surface area contributed by atoms with Crippen molar-refractivity contribution in [3.8, 4) is 0 Å². The lowest BCUT2D eigenvalue weighted by Gasteiger charge is -2.36. The topological polar surface area (TPSA) is 70.1 Å². The van der Waals surface area contributed by atoms with Gasteiger partial charge in [-0.05, 0) is 12.8 Å². The van der Waals surface area contributed by atoms with Crippen LogP contribution >= 0.6 is 0 Å². The first kappa shape index (κ1) is 16.8. The summed E-state index contributed by atoms with van der Waals surface area (Å²) in [6, 6.07) is -0.00788. The molecule has 1 aliphatic heterocycles. The number of hydrogen-bond donors (Lipinski definition) is 1. The molecule has 1 heterocycles. The van der Waals surface area contributed by atoms with Crippen LogP contribution in [0.25, 0.3) is 0 Å². The Morgan fingerprint density at radius 2 is 2.15 bits per heavy atom. The van der Waals surface area contributed by atoms with Gasteiger partial charge in [0.25, 0.3) is 0 Å². The van der Waals surface area contributed by atoms with Crippen molar-refractivity contribution in [1.82, 2.24) is 9.80 Å². The van der Waals surface area contributed by atoms with Gasteiger partial charge in [-0.15, -0.1) is 0 Å². The van der Waals surface area contributed by atoms with Gasteiger partial charge in [0.05, 0.1) is 19.1 Å². The molecule has 0 aromatic rings. The van der Waals surface area contributed by atoms with Crippen molar-refractivity contribution in [2.24, 2.45) is 5.92 Å². The fourth-order valence-electron chi connectivity index (χ4n) is 2.26. The minimum absolute atomic E-state index is 0.00788. The van der Waals surface area contributed by atoms with E-state index in [-0.39, 0.29) is 12.5 Å². The van der Waals surface area contributed by atoms with Gasteiger partial charge in [0, 0.05) is 26.2 Å². The monoisotopic (exact) mass is 286 g/mol. The average molecular weight is 286 g/mol. The molecule has 0 aromatic heterocycles. The second-order valence-corrected chi connectivity index (χ2v) is 5.37. The van der Waals surface area contributed by atoms with Crippen molar-refractivity contribution < 1.29 is 19.4 Å². The Labute approximate surface area is 120 Å². The zero-order valence-electron chi connectivity index (χ0n) is 12.7. The van der Waals surface area contributed by atoms with Gasteiger partial charge in [-0.3, -0.25) is 4.79 Å². The number of carbonyl (C=O) groups excluding carboxylic acids is 1. The van der Waals surface area contributed by atoms with Crippen LogP contribution in [0.1, 0.15) is 33.6 Å². The van der Waals surface area contributed by atoms with E-state index in [0.29, 0.717) is 32.2 Å². The largest absolute Gasteiger partial charge is 0.481 e. The molecule has 0 bridgehead atoms. The molecule has 6 heteroatoms. The predicted octanol–water partition coefficient (Wildman–Crippen LogP) is 1.65. The van der Waals surface area contributed by atoms with E-state index in [2.05, 4.69) is 13.8 Å². The molecule has 20 heavy (non-hydrogen) atoms. The number of carboxylic acid groups (broad SMARTS) is 1. The average Bonchev–Trinajstić information content (AvgIpc) is 2.43. The molecule has 0 saturated carbocycles. The first-order valence-corrected chi connectivity index (χ1v) is 7.35. The maximum absolute atomic E-state index is 12.5. The number of ether oxygens (including phenoxy) is 1. The summed E-state index contributed by atoms with van der Waals surface area (Å²) < 4.78 is 5.39. The summed E-state index contributed by atoms with van der Waals surface area (Å²) in [4.78, 5) is 26.7. The summed E-state index contributed by atoms with van der Waals surface area (Å²) in [6.45, 7) is 8.92. The molecular weight excluding hydrogens is 260 g/mol. The van der Waals surface area contributed by atoms with Crippen molar-refractivity contribution in [1.29, 1.82) is 0 Å². The number of urea groups is 1. The van der Waals surface area contributed by atoms with Crippen LogP contribution in [0, 0.1) is 5.92 Å². The number of hydrogen-bond acceptors (Lipinski definition) is 3. The summed E-state index contributed by atoms with van der Waals surface area (Å²) in [7, 11) is 0. The van der Waals surface area contributed by atoms with Gasteiger partial charge in [0.2, 0.25) is 0 Å². The lowest BCUT2D eigenvalue weighted by atomic mass is 10.1. The van der Waals surface area contributed by atoms with Crippen LogP contribution in [0.5, 0.6) is 0 Å². The molecule has 2 unspecified atom stereocenters. The van der Waals surface area contributed by atoms with Crippen molar-refractivity contribution >= 4 is 12.0 Å². The van der Waals surface area contributed by atoms with E-state index in [1.54, 1.807) is 4.90 Å². The van der Waals surface area contributed by atoms with E-state index in [1.807, 2.05) is 11.8 Å². The van der Waals surface area contributed by atoms with Crippen LogP contribution in [0.3, 0.4) is 0 Å². The molecule has 116 valence electrons. The highest BCUT2D eigenvalue weighted by Gasteiger charge is 2.28. The predicted molar refractivity (Wildman–Crippen MR) is 75.7 cm³/mol. The van der Waals surface area contributed by atoms with Gasteiger partial charge in [-0.1, -0.05) is 20.3 Å². The molecule has 0 radical (unpaired) electrons. The van der Waals surface area contributed by atoms with Crippen LogP contribution < -0.4 is 0 Å². The van der Waals surface area contributed by atoms with Crippen LogP contribution in [0.4, 0.5) is 4.79 Å². The van der Waals surface area contributed by atoms with E-state index in [0.717, 1.165) is 13.0 Å². The number of morpholine rings is 1. The SMILES string of the molecule is CCC(C)CN(CC)C(=O)N1CCOC(CC(=O)O)C1. The van der Waals surface area contributed by atoms with E-state index >= 15 is 0 Å². The molecule has 2 amide bonds. The number of carboxylic acids is 1. The number of carbonyl (C=O) groups is 2. The molecule has 2 atom stereocenters. The standard InChI is InChI=1S/C14H26N2O4/c1-4-11(3)9-15(5-2)14(19)16-6-7-20-12(10-16)8-13(17)18/h11-12H,4-10H2,1-3H3,(H,17,18). The summed E-state index contributed by atoms with van der Waals surface area (Å²) in [6.07, 6.45) is 0.586. The van der Waals surface area contributed by atoms with Crippen molar-refractivity contribution in [3.63, 3.8) is 0 Å². The second kappa shape index (κ2) is 8.09. The molecule has 1 rings (SSSR count). The lowest BCUT2D eigenvalue weighted by Crippen LogP contribution is -2.52. The Kier molecular flexibility index (Phi) is 6.78. The highest BCUT2D eigenvalue weighted by molar-refractivity contribution is 5.75. The molecule has 1 aliphatic rings. The van der Waals surface area contributed by atoms with Gasteiger partial charge >= 0.3 is 12.0 Å². The third-order valence-electron chi connectivity index (χ3n) is 3.69. The van der Waals surface area contributed by atoms with Gasteiger partial charge < -0.3 is 19.6 Å². The van der Waals surface area contributed by atoms with Crippen LogP contribution in [0.2, 0.25) is 0 Å². The molecule has 6 nitrogen and oxygen atoms in total.